The van der Waals surface area contributed by atoms with Crippen molar-refractivity contribution in [3.05, 3.63) is 29.6 Å². The Hall–Kier alpha value is -1.03. The summed E-state index contributed by atoms with van der Waals surface area (Å²) in [7, 11) is -7.30. The van der Waals surface area contributed by atoms with E-state index >= 15 is 0 Å². The Labute approximate surface area is 123 Å². The smallest absolute Gasteiger partial charge is 0.246 e. The van der Waals surface area contributed by atoms with Crippen molar-refractivity contribution in [3.8, 4) is 0 Å². The van der Waals surface area contributed by atoms with Crippen molar-refractivity contribution in [2.75, 3.05) is 24.6 Å². The number of benzene rings is 1. The lowest BCUT2D eigenvalue weighted by Crippen LogP contribution is -2.34. The van der Waals surface area contributed by atoms with Crippen LogP contribution >= 0.6 is 0 Å². The van der Waals surface area contributed by atoms with Crippen molar-refractivity contribution >= 4 is 19.9 Å². The molecule has 0 saturated carbocycles. The Bertz CT molecular complexity index is 732. The largest absolute Gasteiger partial charge is 0.326 e. The predicted molar refractivity (Wildman–Crippen MR) is 76.3 cm³/mol. The van der Waals surface area contributed by atoms with Crippen LogP contribution in [0.3, 0.4) is 0 Å². The molecule has 0 spiro atoms. The van der Waals surface area contributed by atoms with Gasteiger partial charge in [0.1, 0.15) is 10.7 Å². The monoisotopic (exact) mass is 336 g/mol. The lowest BCUT2D eigenvalue weighted by atomic mass is 10.2. The highest BCUT2D eigenvalue weighted by atomic mass is 32.2. The van der Waals surface area contributed by atoms with Gasteiger partial charge in [0.15, 0.2) is 9.84 Å². The topological polar surface area (TPSA) is 97.5 Å². The molecule has 118 valence electrons. The maximum Gasteiger partial charge on any atom is 0.246 e. The third-order valence-electron chi connectivity index (χ3n) is 3.36. The SMILES string of the molecule is NCc1ccc(F)c(S(=O)(=O)N2CCCS(=O)(=O)CC2)c1. The first-order valence-electron chi connectivity index (χ1n) is 6.45. The van der Waals surface area contributed by atoms with Gasteiger partial charge >= 0.3 is 0 Å². The van der Waals surface area contributed by atoms with E-state index in [0.717, 1.165) is 10.4 Å². The first kappa shape index (κ1) is 16.3. The molecule has 1 aromatic carbocycles. The molecular formula is C12H17FN2O4S2. The fourth-order valence-corrected chi connectivity index (χ4v) is 5.15. The molecule has 1 fully saturated rings. The summed E-state index contributed by atoms with van der Waals surface area (Å²) in [6, 6.07) is 3.68. The molecule has 21 heavy (non-hydrogen) atoms. The predicted octanol–water partition coefficient (Wildman–Crippen LogP) is 0.0936. The van der Waals surface area contributed by atoms with E-state index in [0.29, 0.717) is 5.56 Å². The Morgan fingerprint density at radius 1 is 1.24 bits per heavy atom. The van der Waals surface area contributed by atoms with Crippen LogP contribution in [-0.2, 0) is 26.4 Å². The molecule has 0 aliphatic carbocycles. The van der Waals surface area contributed by atoms with Crippen molar-refractivity contribution in [3.63, 3.8) is 0 Å². The molecule has 2 rings (SSSR count). The van der Waals surface area contributed by atoms with Crippen LogP contribution in [0, 0.1) is 5.82 Å². The van der Waals surface area contributed by atoms with Crippen LogP contribution in [0.1, 0.15) is 12.0 Å². The summed E-state index contributed by atoms with van der Waals surface area (Å²) < 4.78 is 62.9. The molecule has 0 unspecified atom stereocenters. The van der Waals surface area contributed by atoms with Gasteiger partial charge in [-0.15, -0.1) is 0 Å². The third kappa shape index (κ3) is 3.60. The van der Waals surface area contributed by atoms with Gasteiger partial charge in [0.05, 0.1) is 11.5 Å². The highest BCUT2D eigenvalue weighted by molar-refractivity contribution is 7.91. The highest BCUT2D eigenvalue weighted by Gasteiger charge is 2.31. The molecule has 0 bridgehead atoms. The van der Waals surface area contributed by atoms with Crippen LogP contribution in [0.4, 0.5) is 4.39 Å². The molecule has 0 aromatic heterocycles. The van der Waals surface area contributed by atoms with Gasteiger partial charge in [-0.2, -0.15) is 4.31 Å². The highest BCUT2D eigenvalue weighted by Crippen LogP contribution is 2.22. The van der Waals surface area contributed by atoms with Crippen LogP contribution in [0.15, 0.2) is 23.1 Å². The fourth-order valence-electron chi connectivity index (χ4n) is 2.17. The summed E-state index contributed by atoms with van der Waals surface area (Å²) in [6.45, 7) is 0.00198. The quantitative estimate of drug-likeness (QED) is 0.844. The van der Waals surface area contributed by atoms with Gasteiger partial charge < -0.3 is 5.73 Å². The summed E-state index contributed by atoms with van der Waals surface area (Å²) in [6.07, 6.45) is 0.208. The number of hydrogen-bond acceptors (Lipinski definition) is 5. The second-order valence-electron chi connectivity index (χ2n) is 4.88. The lowest BCUT2D eigenvalue weighted by Gasteiger charge is -2.20. The molecule has 1 aliphatic rings. The van der Waals surface area contributed by atoms with E-state index in [1.54, 1.807) is 0 Å². The van der Waals surface area contributed by atoms with Gasteiger partial charge in [0, 0.05) is 19.6 Å². The third-order valence-corrected chi connectivity index (χ3v) is 6.99. The summed E-state index contributed by atoms with van der Waals surface area (Å²) in [5, 5.41) is 0. The van der Waals surface area contributed by atoms with Crippen LogP contribution in [0.25, 0.3) is 0 Å². The minimum absolute atomic E-state index is 0.0512. The average Bonchev–Trinajstić information content (AvgIpc) is 2.60. The normalized spacial score (nSPS) is 20.1. The Morgan fingerprint density at radius 2 is 1.95 bits per heavy atom. The van der Waals surface area contributed by atoms with Crippen molar-refractivity contribution in [2.24, 2.45) is 5.73 Å². The van der Waals surface area contributed by atoms with Crippen LogP contribution < -0.4 is 5.73 Å². The van der Waals surface area contributed by atoms with Crippen LogP contribution in [0.2, 0.25) is 0 Å². The van der Waals surface area contributed by atoms with Crippen LogP contribution in [0.5, 0.6) is 0 Å². The van der Waals surface area contributed by atoms with E-state index in [9.17, 15) is 21.2 Å². The van der Waals surface area contributed by atoms with Gasteiger partial charge in [-0.1, -0.05) is 6.07 Å². The standard InChI is InChI=1S/C12H17FN2O4S2/c13-11-3-2-10(9-14)8-12(11)21(18,19)15-4-1-6-20(16,17)7-5-15/h2-3,8H,1,4-7,9,14H2. The van der Waals surface area contributed by atoms with Crippen molar-refractivity contribution < 1.29 is 21.2 Å². The van der Waals surface area contributed by atoms with E-state index in [-0.39, 0.29) is 37.6 Å². The summed E-state index contributed by atoms with van der Waals surface area (Å²) >= 11 is 0. The fraction of sp³-hybridized carbons (Fsp3) is 0.500. The van der Waals surface area contributed by atoms with Crippen molar-refractivity contribution in [1.29, 1.82) is 0 Å². The minimum Gasteiger partial charge on any atom is -0.326 e. The Morgan fingerprint density at radius 3 is 2.62 bits per heavy atom. The average molecular weight is 336 g/mol. The molecule has 0 atom stereocenters. The zero-order valence-electron chi connectivity index (χ0n) is 11.3. The number of nitrogens with two attached hydrogens (primary N) is 1. The molecule has 1 aromatic rings. The minimum atomic E-state index is -4.06. The maximum absolute atomic E-state index is 13.8. The zero-order valence-corrected chi connectivity index (χ0v) is 13.0. The second kappa shape index (κ2) is 5.99. The molecule has 1 aliphatic heterocycles. The van der Waals surface area contributed by atoms with E-state index in [2.05, 4.69) is 0 Å². The lowest BCUT2D eigenvalue weighted by molar-refractivity contribution is 0.430. The summed E-state index contributed by atoms with van der Waals surface area (Å²) in [5.74, 6) is -1.16. The Kier molecular flexibility index (Phi) is 4.66. The van der Waals surface area contributed by atoms with Gasteiger partial charge in [-0.25, -0.2) is 21.2 Å². The zero-order chi connectivity index (χ0) is 15.7. The van der Waals surface area contributed by atoms with E-state index in [1.165, 1.54) is 12.1 Å². The summed E-state index contributed by atoms with van der Waals surface area (Å²) in [4.78, 5) is -0.454. The molecule has 1 saturated heterocycles. The first-order valence-corrected chi connectivity index (χ1v) is 9.71. The number of rotatable bonds is 3. The van der Waals surface area contributed by atoms with E-state index < -0.39 is 30.6 Å². The van der Waals surface area contributed by atoms with Crippen molar-refractivity contribution in [1.82, 2.24) is 4.31 Å². The van der Waals surface area contributed by atoms with Gasteiger partial charge in [-0.05, 0) is 24.1 Å². The van der Waals surface area contributed by atoms with E-state index in [4.69, 9.17) is 5.73 Å². The van der Waals surface area contributed by atoms with E-state index in [1.807, 2.05) is 0 Å². The van der Waals surface area contributed by atoms with Crippen LogP contribution in [-0.4, -0.2) is 45.7 Å². The number of sulfone groups is 1. The second-order valence-corrected chi connectivity index (χ2v) is 9.09. The number of nitrogens with zero attached hydrogens (tertiary/aromatic N) is 1. The number of sulfonamides is 1. The van der Waals surface area contributed by atoms with Gasteiger partial charge in [-0.3, -0.25) is 0 Å². The molecule has 0 radical (unpaired) electrons. The first-order chi connectivity index (χ1) is 9.76. The Balaban J connectivity index is 2.38. The molecule has 2 N–H and O–H groups in total. The van der Waals surface area contributed by atoms with Crippen molar-refractivity contribution in [2.45, 2.75) is 17.9 Å². The number of hydrogen-bond donors (Lipinski definition) is 1. The molecule has 6 nitrogen and oxygen atoms in total. The maximum atomic E-state index is 13.8. The van der Waals surface area contributed by atoms with Gasteiger partial charge in [0.2, 0.25) is 10.0 Å². The molecule has 9 heteroatoms. The van der Waals surface area contributed by atoms with Gasteiger partial charge in [0.25, 0.3) is 0 Å². The summed E-state index contributed by atoms with van der Waals surface area (Å²) in [5.41, 5.74) is 5.94. The number of halogens is 1. The molecule has 1 heterocycles. The molecule has 0 amide bonds. The molecular weight excluding hydrogens is 319 g/mol.